The van der Waals surface area contributed by atoms with Gasteiger partial charge < -0.3 is 4.57 Å². The number of aromatic nitrogens is 3. The van der Waals surface area contributed by atoms with Gasteiger partial charge in [-0.2, -0.15) is 0 Å². The minimum absolute atomic E-state index is 0.0874. The third kappa shape index (κ3) is 4.38. The summed E-state index contributed by atoms with van der Waals surface area (Å²) in [5.74, 6) is 0.930. The molecular formula is C19H18BrN3OS. The molecule has 1 unspecified atom stereocenters. The van der Waals surface area contributed by atoms with Crippen LogP contribution >= 0.6 is 27.7 Å². The van der Waals surface area contributed by atoms with Crippen LogP contribution in [0.25, 0.3) is 0 Å². The second-order valence-electron chi connectivity index (χ2n) is 5.73. The van der Waals surface area contributed by atoms with Crippen molar-refractivity contribution >= 4 is 33.5 Å². The van der Waals surface area contributed by atoms with Crippen LogP contribution in [0.4, 0.5) is 0 Å². The van der Waals surface area contributed by atoms with Gasteiger partial charge in [-0.3, -0.25) is 4.79 Å². The summed E-state index contributed by atoms with van der Waals surface area (Å²) in [6.45, 7) is 4.54. The highest BCUT2D eigenvalue weighted by molar-refractivity contribution is 9.10. The van der Waals surface area contributed by atoms with Crippen LogP contribution in [0.2, 0.25) is 0 Å². The predicted octanol–water partition coefficient (Wildman–Crippen LogP) is 4.76. The van der Waals surface area contributed by atoms with Crippen molar-refractivity contribution in [3.63, 3.8) is 0 Å². The van der Waals surface area contributed by atoms with Crippen molar-refractivity contribution in [1.29, 1.82) is 0 Å². The van der Waals surface area contributed by atoms with Crippen molar-refractivity contribution in [3.8, 4) is 0 Å². The number of hydrogen-bond acceptors (Lipinski definition) is 4. The van der Waals surface area contributed by atoms with Crippen LogP contribution in [0.15, 0.2) is 64.2 Å². The van der Waals surface area contributed by atoms with E-state index in [1.807, 2.05) is 60.9 Å². The maximum atomic E-state index is 12.6. The van der Waals surface area contributed by atoms with E-state index in [2.05, 4.69) is 38.3 Å². The zero-order valence-corrected chi connectivity index (χ0v) is 16.4. The number of carbonyl (C=O) groups excluding carboxylic acids is 1. The number of hydrogen-bond donors (Lipinski definition) is 0. The Kier molecular flexibility index (Phi) is 5.71. The third-order valence-corrected chi connectivity index (χ3v) is 5.47. The average molecular weight is 416 g/mol. The molecule has 1 aromatic heterocycles. The number of ketones is 1. The molecule has 0 aliphatic rings. The Bertz CT molecular complexity index is 862. The average Bonchev–Trinajstić information content (AvgIpc) is 2.96. The van der Waals surface area contributed by atoms with Crippen LogP contribution in [0, 0.1) is 6.92 Å². The fourth-order valence-corrected chi connectivity index (χ4v) is 3.69. The van der Waals surface area contributed by atoms with Crippen LogP contribution in [-0.2, 0) is 6.54 Å². The normalized spacial score (nSPS) is 12.1. The molecular weight excluding hydrogens is 398 g/mol. The molecule has 3 rings (SSSR count). The lowest BCUT2D eigenvalue weighted by atomic mass is 10.1. The summed E-state index contributed by atoms with van der Waals surface area (Å²) in [6.07, 6.45) is 0. The zero-order valence-electron chi connectivity index (χ0n) is 14.0. The Morgan fingerprint density at radius 2 is 1.80 bits per heavy atom. The molecule has 0 spiro atoms. The molecule has 0 bridgehead atoms. The molecule has 0 aliphatic heterocycles. The highest BCUT2D eigenvalue weighted by Gasteiger charge is 2.20. The smallest absolute Gasteiger partial charge is 0.192 e. The predicted molar refractivity (Wildman–Crippen MR) is 104 cm³/mol. The Morgan fingerprint density at radius 3 is 2.48 bits per heavy atom. The first-order chi connectivity index (χ1) is 12.0. The lowest BCUT2D eigenvalue weighted by Gasteiger charge is -2.12. The number of nitrogens with zero attached hydrogens (tertiary/aromatic N) is 3. The van der Waals surface area contributed by atoms with E-state index < -0.39 is 0 Å². The van der Waals surface area contributed by atoms with E-state index >= 15 is 0 Å². The highest BCUT2D eigenvalue weighted by Crippen LogP contribution is 2.26. The van der Waals surface area contributed by atoms with E-state index in [0.29, 0.717) is 12.1 Å². The summed E-state index contributed by atoms with van der Waals surface area (Å²) < 4.78 is 3.01. The minimum atomic E-state index is -0.237. The van der Waals surface area contributed by atoms with Gasteiger partial charge in [-0.25, -0.2) is 0 Å². The van der Waals surface area contributed by atoms with Crippen LogP contribution in [-0.4, -0.2) is 25.8 Å². The molecule has 1 atom stereocenters. The molecule has 6 heteroatoms. The van der Waals surface area contributed by atoms with Gasteiger partial charge in [0, 0.05) is 10.0 Å². The molecule has 3 aromatic rings. The second kappa shape index (κ2) is 7.97. The molecule has 0 N–H and O–H groups in total. The van der Waals surface area contributed by atoms with Gasteiger partial charge in [-0.1, -0.05) is 70.2 Å². The SMILES string of the molecule is Cc1nnc(SC(C)C(=O)c2ccc(Br)cc2)n1Cc1ccccc1. The Hall–Kier alpha value is -1.92. The Labute approximate surface area is 159 Å². The van der Waals surface area contributed by atoms with Crippen LogP contribution in [0.3, 0.4) is 0 Å². The van der Waals surface area contributed by atoms with Gasteiger partial charge >= 0.3 is 0 Å². The van der Waals surface area contributed by atoms with Gasteiger partial charge in [-0.15, -0.1) is 10.2 Å². The molecule has 0 saturated heterocycles. The van der Waals surface area contributed by atoms with Crippen molar-refractivity contribution in [3.05, 3.63) is 76.0 Å². The highest BCUT2D eigenvalue weighted by atomic mass is 79.9. The van der Waals surface area contributed by atoms with Gasteiger partial charge in [-0.05, 0) is 31.5 Å². The number of benzene rings is 2. The molecule has 0 amide bonds. The van der Waals surface area contributed by atoms with E-state index in [1.54, 1.807) is 0 Å². The van der Waals surface area contributed by atoms with Gasteiger partial charge in [0.1, 0.15) is 5.82 Å². The van der Waals surface area contributed by atoms with Gasteiger partial charge in [0.05, 0.1) is 11.8 Å². The first kappa shape index (κ1) is 17.9. The fourth-order valence-electron chi connectivity index (χ4n) is 2.46. The molecule has 0 fully saturated rings. The number of carbonyl (C=O) groups is 1. The summed E-state index contributed by atoms with van der Waals surface area (Å²) in [5, 5.41) is 8.97. The lowest BCUT2D eigenvalue weighted by Crippen LogP contribution is -2.15. The third-order valence-electron chi connectivity index (χ3n) is 3.87. The van der Waals surface area contributed by atoms with Gasteiger partial charge in [0.15, 0.2) is 10.9 Å². The summed E-state index contributed by atoms with van der Waals surface area (Å²) >= 11 is 4.84. The lowest BCUT2D eigenvalue weighted by molar-refractivity contribution is 0.0994. The monoisotopic (exact) mass is 415 g/mol. The quantitative estimate of drug-likeness (QED) is 0.430. The molecule has 0 aliphatic carbocycles. The van der Waals surface area contributed by atoms with Gasteiger partial charge in [0.25, 0.3) is 0 Å². The first-order valence-electron chi connectivity index (χ1n) is 7.95. The fraction of sp³-hybridized carbons (Fsp3) is 0.211. The molecule has 25 heavy (non-hydrogen) atoms. The number of Topliss-reactive ketones (excluding diaryl/α,β-unsaturated/α-hetero) is 1. The Balaban J connectivity index is 1.76. The summed E-state index contributed by atoms with van der Waals surface area (Å²) in [4.78, 5) is 12.6. The van der Waals surface area contributed by atoms with E-state index in [9.17, 15) is 4.79 Å². The van der Waals surface area contributed by atoms with Gasteiger partial charge in [0.2, 0.25) is 0 Å². The Morgan fingerprint density at radius 1 is 1.12 bits per heavy atom. The van der Waals surface area contributed by atoms with Crippen molar-refractivity contribution in [2.75, 3.05) is 0 Å². The first-order valence-corrected chi connectivity index (χ1v) is 9.62. The second-order valence-corrected chi connectivity index (χ2v) is 7.96. The molecule has 128 valence electrons. The molecule has 0 radical (unpaired) electrons. The summed E-state index contributed by atoms with van der Waals surface area (Å²) in [6, 6.07) is 17.6. The molecule has 2 aromatic carbocycles. The number of aryl methyl sites for hydroxylation is 1. The van der Waals surface area contributed by atoms with Crippen LogP contribution < -0.4 is 0 Å². The van der Waals surface area contributed by atoms with E-state index in [1.165, 1.54) is 17.3 Å². The van der Waals surface area contributed by atoms with E-state index in [4.69, 9.17) is 0 Å². The molecule has 4 nitrogen and oxygen atoms in total. The van der Waals surface area contributed by atoms with Crippen molar-refractivity contribution in [2.45, 2.75) is 30.8 Å². The van der Waals surface area contributed by atoms with Crippen molar-refractivity contribution < 1.29 is 4.79 Å². The number of rotatable bonds is 6. The summed E-state index contributed by atoms with van der Waals surface area (Å²) in [7, 11) is 0. The number of thioether (sulfide) groups is 1. The van der Waals surface area contributed by atoms with E-state index in [-0.39, 0.29) is 11.0 Å². The summed E-state index contributed by atoms with van der Waals surface area (Å²) in [5.41, 5.74) is 1.88. The maximum Gasteiger partial charge on any atom is 0.192 e. The van der Waals surface area contributed by atoms with Crippen LogP contribution in [0.1, 0.15) is 28.7 Å². The standard InChI is InChI=1S/C19H18BrN3OS/c1-13(18(24)16-8-10-17(20)11-9-16)25-19-22-21-14(2)23(19)12-15-6-4-3-5-7-15/h3-11,13H,12H2,1-2H3. The van der Waals surface area contributed by atoms with Crippen LogP contribution in [0.5, 0.6) is 0 Å². The maximum absolute atomic E-state index is 12.6. The topological polar surface area (TPSA) is 47.8 Å². The minimum Gasteiger partial charge on any atom is -0.302 e. The number of halogens is 1. The van der Waals surface area contributed by atoms with Crippen molar-refractivity contribution in [2.24, 2.45) is 0 Å². The molecule has 0 saturated carbocycles. The van der Waals surface area contributed by atoms with Crippen molar-refractivity contribution in [1.82, 2.24) is 14.8 Å². The van der Waals surface area contributed by atoms with E-state index in [0.717, 1.165) is 15.5 Å². The zero-order chi connectivity index (χ0) is 17.8. The molecule has 1 heterocycles. The largest absolute Gasteiger partial charge is 0.302 e.